The van der Waals surface area contributed by atoms with Crippen molar-refractivity contribution in [2.24, 2.45) is 0 Å². The van der Waals surface area contributed by atoms with Gasteiger partial charge >= 0.3 is 0 Å². The Bertz CT molecular complexity index is 190. The molecule has 0 aromatic rings. The van der Waals surface area contributed by atoms with E-state index in [0.717, 1.165) is 26.1 Å². The summed E-state index contributed by atoms with van der Waals surface area (Å²) in [6.07, 6.45) is 4.27. The van der Waals surface area contributed by atoms with Crippen molar-refractivity contribution in [2.75, 3.05) is 33.8 Å². The SMILES string of the molecule is CCNC(CN(C)C)C1=COCCC1. The first-order chi connectivity index (χ1) is 6.74. The molecule has 0 fully saturated rings. The van der Waals surface area contributed by atoms with Crippen molar-refractivity contribution in [3.05, 3.63) is 11.8 Å². The maximum Gasteiger partial charge on any atom is 0.0876 e. The Kier molecular flexibility index (Phi) is 4.98. The van der Waals surface area contributed by atoms with Crippen molar-refractivity contribution in [1.29, 1.82) is 0 Å². The van der Waals surface area contributed by atoms with Crippen molar-refractivity contribution in [2.45, 2.75) is 25.8 Å². The summed E-state index contributed by atoms with van der Waals surface area (Å²) < 4.78 is 5.37. The molecule has 0 bridgehead atoms. The lowest BCUT2D eigenvalue weighted by molar-refractivity contribution is 0.216. The second kappa shape index (κ2) is 6.04. The van der Waals surface area contributed by atoms with Crippen LogP contribution in [0.15, 0.2) is 11.8 Å². The zero-order valence-corrected chi connectivity index (χ0v) is 9.55. The average molecular weight is 198 g/mol. The van der Waals surface area contributed by atoms with Gasteiger partial charge in [-0.1, -0.05) is 6.92 Å². The lowest BCUT2D eigenvalue weighted by Gasteiger charge is -2.26. The number of hydrogen-bond donors (Lipinski definition) is 1. The molecule has 82 valence electrons. The standard InChI is InChI=1S/C11H22N2O/c1-4-12-11(8-13(2)3)10-6-5-7-14-9-10/h9,11-12H,4-8H2,1-3H3. The number of rotatable bonds is 5. The van der Waals surface area contributed by atoms with Gasteiger partial charge in [-0.05, 0) is 39.1 Å². The zero-order valence-electron chi connectivity index (χ0n) is 9.55. The molecule has 1 unspecified atom stereocenters. The number of ether oxygens (including phenoxy) is 1. The number of nitrogens with one attached hydrogen (secondary N) is 1. The molecule has 1 aliphatic rings. The highest BCUT2D eigenvalue weighted by Gasteiger charge is 2.16. The normalized spacial score (nSPS) is 19.0. The van der Waals surface area contributed by atoms with Gasteiger partial charge in [-0.15, -0.1) is 0 Å². The summed E-state index contributed by atoms with van der Waals surface area (Å²) in [6.45, 7) is 5.08. The number of nitrogens with zero attached hydrogens (tertiary/aromatic N) is 1. The van der Waals surface area contributed by atoms with Crippen LogP contribution < -0.4 is 5.32 Å². The van der Waals surface area contributed by atoms with Crippen LogP contribution >= 0.6 is 0 Å². The van der Waals surface area contributed by atoms with Crippen LogP contribution in [0.4, 0.5) is 0 Å². The van der Waals surface area contributed by atoms with Gasteiger partial charge in [-0.25, -0.2) is 0 Å². The quantitative estimate of drug-likeness (QED) is 0.719. The van der Waals surface area contributed by atoms with Gasteiger partial charge in [0.25, 0.3) is 0 Å². The van der Waals surface area contributed by atoms with Crippen LogP contribution in [0.2, 0.25) is 0 Å². The van der Waals surface area contributed by atoms with Gasteiger partial charge in [0.2, 0.25) is 0 Å². The molecule has 0 radical (unpaired) electrons. The van der Waals surface area contributed by atoms with E-state index in [9.17, 15) is 0 Å². The first-order valence-corrected chi connectivity index (χ1v) is 5.42. The monoisotopic (exact) mass is 198 g/mol. The third-order valence-electron chi connectivity index (χ3n) is 2.41. The molecule has 1 rings (SSSR count). The molecular formula is C11H22N2O. The van der Waals surface area contributed by atoms with Crippen LogP contribution in [0.25, 0.3) is 0 Å². The molecule has 0 saturated heterocycles. The van der Waals surface area contributed by atoms with Crippen LogP contribution in [0, 0.1) is 0 Å². The van der Waals surface area contributed by atoms with Crippen molar-refractivity contribution < 1.29 is 4.74 Å². The molecule has 0 aromatic heterocycles. The Morgan fingerprint density at radius 2 is 2.36 bits per heavy atom. The predicted octanol–water partition coefficient (Wildman–Crippen LogP) is 1.22. The van der Waals surface area contributed by atoms with E-state index in [1.807, 2.05) is 6.26 Å². The minimum atomic E-state index is 0.454. The second-order valence-electron chi connectivity index (χ2n) is 4.04. The molecule has 1 heterocycles. The molecule has 1 atom stereocenters. The minimum Gasteiger partial charge on any atom is -0.501 e. The molecule has 1 N–H and O–H groups in total. The Morgan fingerprint density at radius 3 is 2.86 bits per heavy atom. The smallest absolute Gasteiger partial charge is 0.0876 e. The Morgan fingerprint density at radius 1 is 1.57 bits per heavy atom. The third-order valence-corrected chi connectivity index (χ3v) is 2.41. The van der Waals surface area contributed by atoms with Gasteiger partial charge in [-0.3, -0.25) is 0 Å². The Balaban J connectivity index is 2.51. The Hall–Kier alpha value is -0.540. The lowest BCUT2D eigenvalue weighted by atomic mass is 10.0. The van der Waals surface area contributed by atoms with Crippen LogP contribution in [0.1, 0.15) is 19.8 Å². The molecule has 3 heteroatoms. The highest BCUT2D eigenvalue weighted by molar-refractivity contribution is 5.10. The van der Waals surface area contributed by atoms with Gasteiger partial charge in [0, 0.05) is 12.6 Å². The summed E-state index contributed by atoms with van der Waals surface area (Å²) in [7, 11) is 4.21. The largest absolute Gasteiger partial charge is 0.501 e. The molecule has 0 spiro atoms. The van der Waals surface area contributed by atoms with Crippen LogP contribution in [0.5, 0.6) is 0 Å². The van der Waals surface area contributed by atoms with E-state index in [1.165, 1.54) is 12.0 Å². The maximum atomic E-state index is 5.37. The van der Waals surface area contributed by atoms with Gasteiger partial charge in [0.1, 0.15) is 0 Å². The first kappa shape index (κ1) is 11.5. The summed E-state index contributed by atoms with van der Waals surface area (Å²) in [5.41, 5.74) is 1.41. The van der Waals surface area contributed by atoms with Gasteiger partial charge < -0.3 is 15.0 Å². The maximum absolute atomic E-state index is 5.37. The summed E-state index contributed by atoms with van der Waals surface area (Å²) in [5.74, 6) is 0. The summed E-state index contributed by atoms with van der Waals surface area (Å²) in [4.78, 5) is 2.21. The fourth-order valence-corrected chi connectivity index (χ4v) is 1.77. The minimum absolute atomic E-state index is 0.454. The number of likely N-dealkylation sites (N-methyl/N-ethyl adjacent to an activating group) is 2. The van der Waals surface area contributed by atoms with Crippen molar-refractivity contribution in [3.63, 3.8) is 0 Å². The third kappa shape index (κ3) is 3.68. The first-order valence-electron chi connectivity index (χ1n) is 5.42. The van der Waals surface area contributed by atoms with Crippen LogP contribution in [0.3, 0.4) is 0 Å². The lowest BCUT2D eigenvalue weighted by Crippen LogP contribution is -2.40. The highest BCUT2D eigenvalue weighted by Crippen LogP contribution is 2.16. The van der Waals surface area contributed by atoms with E-state index in [4.69, 9.17) is 4.74 Å². The average Bonchev–Trinajstić information content (AvgIpc) is 2.18. The van der Waals surface area contributed by atoms with E-state index in [-0.39, 0.29) is 0 Å². The van der Waals surface area contributed by atoms with E-state index < -0.39 is 0 Å². The molecule has 0 amide bonds. The molecule has 1 aliphatic heterocycles. The van der Waals surface area contributed by atoms with Gasteiger partial charge in [0.15, 0.2) is 0 Å². The van der Waals surface area contributed by atoms with E-state index in [1.54, 1.807) is 0 Å². The molecule has 3 nitrogen and oxygen atoms in total. The van der Waals surface area contributed by atoms with E-state index >= 15 is 0 Å². The molecule has 0 aliphatic carbocycles. The van der Waals surface area contributed by atoms with Crippen LogP contribution in [-0.2, 0) is 4.74 Å². The predicted molar refractivity (Wildman–Crippen MR) is 59.3 cm³/mol. The van der Waals surface area contributed by atoms with Gasteiger partial charge in [0.05, 0.1) is 12.9 Å². The second-order valence-corrected chi connectivity index (χ2v) is 4.04. The topological polar surface area (TPSA) is 24.5 Å². The Labute approximate surface area is 87.1 Å². The fraction of sp³-hybridized carbons (Fsp3) is 0.818. The fourth-order valence-electron chi connectivity index (χ4n) is 1.77. The van der Waals surface area contributed by atoms with Crippen molar-refractivity contribution in [3.8, 4) is 0 Å². The molecule has 0 aromatic carbocycles. The highest BCUT2D eigenvalue weighted by atomic mass is 16.5. The van der Waals surface area contributed by atoms with E-state index in [0.29, 0.717) is 6.04 Å². The molecular weight excluding hydrogens is 176 g/mol. The van der Waals surface area contributed by atoms with Crippen molar-refractivity contribution in [1.82, 2.24) is 10.2 Å². The van der Waals surface area contributed by atoms with Crippen LogP contribution in [-0.4, -0.2) is 44.7 Å². The van der Waals surface area contributed by atoms with E-state index in [2.05, 4.69) is 31.2 Å². The zero-order chi connectivity index (χ0) is 10.4. The summed E-state index contributed by atoms with van der Waals surface area (Å²) in [6, 6.07) is 0.454. The summed E-state index contributed by atoms with van der Waals surface area (Å²) >= 11 is 0. The van der Waals surface area contributed by atoms with Gasteiger partial charge in [-0.2, -0.15) is 0 Å². The summed E-state index contributed by atoms with van der Waals surface area (Å²) in [5, 5.41) is 3.49. The van der Waals surface area contributed by atoms with Crippen molar-refractivity contribution >= 4 is 0 Å². The molecule has 0 saturated carbocycles. The molecule has 14 heavy (non-hydrogen) atoms. The number of hydrogen-bond acceptors (Lipinski definition) is 3.